The molecular weight excluding hydrogens is 334 g/mol. The van der Waals surface area contributed by atoms with Crippen molar-refractivity contribution >= 4 is 11.9 Å². The summed E-state index contributed by atoms with van der Waals surface area (Å²) < 4.78 is 10.2. The molecule has 0 unspecified atom stereocenters. The van der Waals surface area contributed by atoms with Crippen LogP contribution in [-0.4, -0.2) is 48.2 Å². The Bertz CT molecular complexity index is 666. The van der Waals surface area contributed by atoms with Crippen molar-refractivity contribution < 1.29 is 24.2 Å². The Labute approximate surface area is 153 Å². The minimum Gasteiger partial charge on any atom is -0.512 e. The van der Waals surface area contributed by atoms with E-state index in [0.717, 1.165) is 5.56 Å². The molecule has 1 N–H and O–H groups in total. The van der Waals surface area contributed by atoms with Gasteiger partial charge >= 0.3 is 11.9 Å². The van der Waals surface area contributed by atoms with Crippen molar-refractivity contribution in [1.29, 1.82) is 0 Å². The summed E-state index contributed by atoms with van der Waals surface area (Å²) in [6, 6.07) is 9.53. The van der Waals surface area contributed by atoms with Crippen molar-refractivity contribution in [1.82, 2.24) is 4.90 Å². The van der Waals surface area contributed by atoms with Crippen molar-refractivity contribution in [2.45, 2.75) is 26.4 Å². The molecule has 0 bridgehead atoms. The summed E-state index contributed by atoms with van der Waals surface area (Å²) in [5, 5.41) is 9.85. The van der Waals surface area contributed by atoms with Gasteiger partial charge in [0.1, 0.15) is 12.4 Å². The minimum absolute atomic E-state index is 0.105. The zero-order valence-corrected chi connectivity index (χ0v) is 15.0. The first kappa shape index (κ1) is 19.7. The van der Waals surface area contributed by atoms with E-state index in [2.05, 4.69) is 0 Å². The molecule has 0 spiro atoms. The highest BCUT2D eigenvalue weighted by atomic mass is 16.5. The van der Waals surface area contributed by atoms with Gasteiger partial charge in [-0.3, -0.25) is 9.69 Å². The van der Waals surface area contributed by atoms with Crippen LogP contribution < -0.4 is 0 Å². The molecule has 0 radical (unpaired) electrons. The van der Waals surface area contributed by atoms with Crippen LogP contribution in [-0.2, 0) is 25.7 Å². The molecule has 0 atom stereocenters. The van der Waals surface area contributed by atoms with E-state index < -0.39 is 5.97 Å². The largest absolute Gasteiger partial charge is 0.512 e. The van der Waals surface area contributed by atoms with Gasteiger partial charge in [0.25, 0.3) is 0 Å². The smallest absolute Gasteiger partial charge is 0.338 e. The molecule has 140 valence electrons. The number of nitrogens with zero attached hydrogens (tertiary/aromatic N) is 1. The van der Waals surface area contributed by atoms with E-state index >= 15 is 0 Å². The van der Waals surface area contributed by atoms with Gasteiger partial charge in [0, 0.05) is 26.1 Å². The summed E-state index contributed by atoms with van der Waals surface area (Å²) in [5.74, 6) is -0.648. The van der Waals surface area contributed by atoms with Gasteiger partial charge in [-0.1, -0.05) is 42.5 Å². The Kier molecular flexibility index (Phi) is 7.89. The van der Waals surface area contributed by atoms with E-state index in [1.165, 1.54) is 0 Å². The molecule has 0 aromatic heterocycles. The van der Waals surface area contributed by atoms with Gasteiger partial charge in [-0.2, -0.15) is 0 Å². The van der Waals surface area contributed by atoms with E-state index in [1.54, 1.807) is 13.0 Å². The maximum atomic E-state index is 11.8. The molecule has 26 heavy (non-hydrogen) atoms. The van der Waals surface area contributed by atoms with Gasteiger partial charge in [-0.05, 0) is 12.5 Å². The molecule has 0 saturated heterocycles. The molecule has 1 aliphatic rings. The molecule has 0 saturated carbocycles. The molecule has 6 nitrogen and oxygen atoms in total. The van der Waals surface area contributed by atoms with Gasteiger partial charge in [-0.15, -0.1) is 0 Å². The second-order valence-electron chi connectivity index (χ2n) is 5.95. The first-order chi connectivity index (χ1) is 12.6. The zero-order valence-electron chi connectivity index (χ0n) is 15.0. The maximum Gasteiger partial charge on any atom is 0.338 e. The van der Waals surface area contributed by atoms with E-state index in [9.17, 15) is 14.7 Å². The number of carbonyl (C=O) groups is 2. The minimum atomic E-state index is -0.469. The standard InChI is InChI=1S/C20H25NO5/c1-2-25-20(24)17-14-21(13-11-18(17)22)12-7-6-10-19(23)26-15-16-8-4-3-5-9-16/h3-9,22H,2,10-15H2,1H3/b7-6-. The SMILES string of the molecule is CCOC(=O)C1=C(O)CCN(C/C=C\CC(=O)OCc2ccccc2)C1. The third kappa shape index (κ3) is 6.37. The fraction of sp³-hybridized carbons (Fsp3) is 0.400. The predicted molar refractivity (Wildman–Crippen MR) is 97.3 cm³/mol. The molecular formula is C20H25NO5. The van der Waals surface area contributed by atoms with Crippen LogP contribution in [0.1, 0.15) is 25.3 Å². The third-order valence-corrected chi connectivity index (χ3v) is 3.97. The van der Waals surface area contributed by atoms with Gasteiger partial charge in [-0.25, -0.2) is 4.79 Å². The second kappa shape index (κ2) is 10.4. The van der Waals surface area contributed by atoms with Gasteiger partial charge in [0.05, 0.1) is 18.6 Å². The average Bonchev–Trinajstić information content (AvgIpc) is 2.65. The lowest BCUT2D eigenvalue weighted by Crippen LogP contribution is -2.35. The number of carbonyl (C=O) groups excluding carboxylic acids is 2. The number of rotatable bonds is 8. The predicted octanol–water partition coefficient (Wildman–Crippen LogP) is 2.76. The van der Waals surface area contributed by atoms with Crippen molar-refractivity contribution in [3.8, 4) is 0 Å². The number of esters is 2. The number of aliphatic hydroxyl groups excluding tert-OH is 1. The zero-order chi connectivity index (χ0) is 18.8. The van der Waals surface area contributed by atoms with Crippen LogP contribution in [0.4, 0.5) is 0 Å². The Morgan fingerprint density at radius 2 is 1.96 bits per heavy atom. The number of ether oxygens (including phenoxy) is 2. The molecule has 1 aromatic carbocycles. The Hall–Kier alpha value is -2.60. The van der Waals surface area contributed by atoms with E-state index in [0.29, 0.717) is 31.6 Å². The third-order valence-electron chi connectivity index (χ3n) is 3.97. The lowest BCUT2D eigenvalue weighted by Gasteiger charge is -2.26. The fourth-order valence-electron chi connectivity index (χ4n) is 2.57. The monoisotopic (exact) mass is 359 g/mol. The first-order valence-corrected chi connectivity index (χ1v) is 8.75. The first-order valence-electron chi connectivity index (χ1n) is 8.75. The summed E-state index contributed by atoms with van der Waals surface area (Å²) in [6.45, 7) is 3.86. The lowest BCUT2D eigenvalue weighted by molar-refractivity contribution is -0.144. The number of hydrogen-bond acceptors (Lipinski definition) is 6. The summed E-state index contributed by atoms with van der Waals surface area (Å²) >= 11 is 0. The van der Waals surface area contributed by atoms with Crippen LogP contribution >= 0.6 is 0 Å². The molecule has 0 amide bonds. The second-order valence-corrected chi connectivity index (χ2v) is 5.95. The summed E-state index contributed by atoms with van der Waals surface area (Å²) in [5.41, 5.74) is 1.27. The van der Waals surface area contributed by atoms with E-state index in [4.69, 9.17) is 9.47 Å². The van der Waals surface area contributed by atoms with Gasteiger partial charge < -0.3 is 14.6 Å². The topological polar surface area (TPSA) is 76.1 Å². The summed E-state index contributed by atoms with van der Waals surface area (Å²) in [6.07, 6.45) is 4.25. The number of benzene rings is 1. The Balaban J connectivity index is 1.71. The molecule has 1 aromatic rings. The highest BCUT2D eigenvalue weighted by molar-refractivity contribution is 5.89. The Morgan fingerprint density at radius 1 is 1.19 bits per heavy atom. The molecule has 1 heterocycles. The molecule has 1 aliphatic heterocycles. The summed E-state index contributed by atoms with van der Waals surface area (Å²) in [4.78, 5) is 25.6. The van der Waals surface area contributed by atoms with Crippen molar-refractivity contribution in [2.75, 3.05) is 26.2 Å². The quantitative estimate of drug-likeness (QED) is 0.568. The van der Waals surface area contributed by atoms with Gasteiger partial charge in [0.15, 0.2) is 0 Å². The van der Waals surface area contributed by atoms with E-state index in [-0.39, 0.29) is 31.4 Å². The van der Waals surface area contributed by atoms with Crippen LogP contribution in [0.2, 0.25) is 0 Å². The van der Waals surface area contributed by atoms with Crippen LogP contribution in [0.15, 0.2) is 53.8 Å². The molecule has 0 aliphatic carbocycles. The van der Waals surface area contributed by atoms with Crippen molar-refractivity contribution in [3.63, 3.8) is 0 Å². The van der Waals surface area contributed by atoms with Crippen molar-refractivity contribution in [3.05, 3.63) is 59.4 Å². The van der Waals surface area contributed by atoms with Crippen LogP contribution in [0.3, 0.4) is 0 Å². The van der Waals surface area contributed by atoms with Crippen LogP contribution in [0.5, 0.6) is 0 Å². The lowest BCUT2D eigenvalue weighted by atomic mass is 10.1. The van der Waals surface area contributed by atoms with Gasteiger partial charge in [0.2, 0.25) is 0 Å². The molecule has 0 fully saturated rings. The molecule has 2 rings (SSSR count). The van der Waals surface area contributed by atoms with E-state index in [1.807, 2.05) is 41.3 Å². The fourth-order valence-corrected chi connectivity index (χ4v) is 2.57. The normalized spacial score (nSPS) is 15.3. The maximum absolute atomic E-state index is 11.8. The van der Waals surface area contributed by atoms with Crippen molar-refractivity contribution in [2.24, 2.45) is 0 Å². The number of aliphatic hydroxyl groups is 1. The average molecular weight is 359 g/mol. The number of hydrogen-bond donors (Lipinski definition) is 1. The summed E-state index contributed by atoms with van der Waals surface area (Å²) in [7, 11) is 0. The Morgan fingerprint density at radius 3 is 2.69 bits per heavy atom. The van der Waals surface area contributed by atoms with Crippen LogP contribution in [0, 0.1) is 0 Å². The molecule has 6 heteroatoms. The van der Waals surface area contributed by atoms with Crippen LogP contribution in [0.25, 0.3) is 0 Å². The highest BCUT2D eigenvalue weighted by Crippen LogP contribution is 2.17. The highest BCUT2D eigenvalue weighted by Gasteiger charge is 2.24.